The van der Waals surface area contributed by atoms with Crippen molar-refractivity contribution in [3.05, 3.63) is 29.3 Å². The van der Waals surface area contributed by atoms with Crippen molar-refractivity contribution in [3.8, 4) is 0 Å². The Morgan fingerprint density at radius 2 is 1.56 bits per heavy atom. The van der Waals surface area contributed by atoms with Crippen molar-refractivity contribution in [1.82, 2.24) is 4.72 Å². The summed E-state index contributed by atoms with van der Waals surface area (Å²) < 4.78 is 27.3. The summed E-state index contributed by atoms with van der Waals surface area (Å²) in [4.78, 5) is 24.6. The third kappa shape index (κ3) is 7.14. The number of nitrogens with one attached hydrogen (secondary N) is 2. The highest BCUT2D eigenvalue weighted by molar-refractivity contribution is 7.91. The second-order valence-electron chi connectivity index (χ2n) is 6.90. The maximum Gasteiger partial charge on any atom is 0.332 e. The van der Waals surface area contributed by atoms with Crippen molar-refractivity contribution >= 4 is 39.1 Å². The monoisotopic (exact) mass is 414 g/mol. The van der Waals surface area contributed by atoms with Crippen molar-refractivity contribution in [1.29, 1.82) is 0 Å². The van der Waals surface area contributed by atoms with Gasteiger partial charge in [-0.1, -0.05) is 68.7 Å². The van der Waals surface area contributed by atoms with E-state index in [0.29, 0.717) is 23.6 Å². The largest absolute Gasteiger partial charge is 0.332 e. The molecule has 2 amide bonds. The zero-order valence-corrected chi connectivity index (χ0v) is 16.9. The number of hydrogen-bond acceptors (Lipinski definition) is 4. The lowest BCUT2D eigenvalue weighted by atomic mass is 10.0. The molecule has 6 nitrogen and oxygen atoms in total. The lowest BCUT2D eigenvalue weighted by Crippen LogP contribution is -2.44. The zero-order chi connectivity index (χ0) is 19.7. The van der Waals surface area contributed by atoms with Gasteiger partial charge in [-0.2, -0.15) is 0 Å². The number of rotatable bonds is 3. The van der Waals surface area contributed by atoms with E-state index in [9.17, 15) is 18.0 Å². The third-order valence-electron chi connectivity index (χ3n) is 4.73. The lowest BCUT2D eigenvalue weighted by Gasteiger charge is -2.18. The van der Waals surface area contributed by atoms with Gasteiger partial charge in [0.2, 0.25) is 10.0 Å². The van der Waals surface area contributed by atoms with Crippen LogP contribution in [0.5, 0.6) is 0 Å². The minimum atomic E-state index is -4.11. The smallest absolute Gasteiger partial charge is 0.306 e. The van der Waals surface area contributed by atoms with E-state index in [4.69, 9.17) is 11.6 Å². The van der Waals surface area contributed by atoms with Crippen molar-refractivity contribution < 1.29 is 18.0 Å². The van der Waals surface area contributed by atoms with E-state index in [1.165, 1.54) is 6.42 Å². The van der Waals surface area contributed by atoms with E-state index in [-0.39, 0.29) is 18.6 Å². The van der Waals surface area contributed by atoms with Gasteiger partial charge in [0, 0.05) is 6.42 Å². The fourth-order valence-corrected chi connectivity index (χ4v) is 4.83. The first-order valence-electron chi connectivity index (χ1n) is 9.50. The number of carbonyl (C=O) groups is 2. The Balaban J connectivity index is 2.04. The quantitative estimate of drug-likeness (QED) is 0.753. The number of benzene rings is 1. The summed E-state index contributed by atoms with van der Waals surface area (Å²) in [6.45, 7) is 0. The van der Waals surface area contributed by atoms with Gasteiger partial charge in [-0.05, 0) is 25.0 Å². The Kier molecular flexibility index (Phi) is 8.57. The second-order valence-corrected chi connectivity index (χ2v) is 9.17. The molecular formula is C19H27ClN2O4S. The summed E-state index contributed by atoms with van der Waals surface area (Å²) in [5, 5.41) is 1.53. The summed E-state index contributed by atoms with van der Waals surface area (Å²) >= 11 is 5.97. The number of halogens is 1. The average molecular weight is 415 g/mol. The highest BCUT2D eigenvalue weighted by atomic mass is 35.5. The maximum atomic E-state index is 12.7. The molecule has 0 heterocycles. The normalized spacial score (nSPS) is 20.2. The molecule has 1 fully saturated rings. The maximum absolute atomic E-state index is 12.7. The third-order valence-corrected chi connectivity index (χ3v) is 6.78. The molecule has 2 rings (SSSR count). The van der Waals surface area contributed by atoms with Gasteiger partial charge in [-0.3, -0.25) is 4.79 Å². The van der Waals surface area contributed by atoms with E-state index >= 15 is 0 Å². The van der Waals surface area contributed by atoms with Gasteiger partial charge in [-0.15, -0.1) is 0 Å². The molecule has 1 aliphatic rings. The molecule has 0 bridgehead atoms. The minimum Gasteiger partial charge on any atom is -0.306 e. The van der Waals surface area contributed by atoms with E-state index in [2.05, 4.69) is 5.32 Å². The SMILES string of the molecule is O=C(Nc1ccccc1Cl)NS(=O)(=O)C1CCCCCCCCCCC1=O. The van der Waals surface area contributed by atoms with Crippen LogP contribution in [0.1, 0.15) is 64.2 Å². The van der Waals surface area contributed by atoms with Crippen LogP contribution in [0.15, 0.2) is 24.3 Å². The standard InChI is InChI=1S/C19H27ClN2O4S/c20-15-11-9-10-12-16(15)21-19(24)22-27(25,26)18-14-8-6-4-2-1-3-5-7-13-17(18)23/h9-12,18H,1-8,13-14H2,(H2,21,22,24). The van der Waals surface area contributed by atoms with Crippen molar-refractivity contribution in [2.75, 3.05) is 5.32 Å². The van der Waals surface area contributed by atoms with E-state index in [0.717, 1.165) is 32.1 Å². The average Bonchev–Trinajstić information content (AvgIpc) is 2.59. The molecule has 1 atom stereocenters. The summed E-state index contributed by atoms with van der Waals surface area (Å²) in [6, 6.07) is 5.61. The number of urea groups is 1. The van der Waals surface area contributed by atoms with E-state index < -0.39 is 21.3 Å². The van der Waals surface area contributed by atoms with Gasteiger partial charge in [0.15, 0.2) is 5.78 Å². The van der Waals surface area contributed by atoms with Gasteiger partial charge < -0.3 is 5.32 Å². The van der Waals surface area contributed by atoms with Crippen LogP contribution in [0.25, 0.3) is 0 Å². The van der Waals surface area contributed by atoms with Gasteiger partial charge in [0.1, 0.15) is 5.25 Å². The Bertz CT molecular complexity index is 752. The minimum absolute atomic E-state index is 0.234. The molecule has 0 spiro atoms. The van der Waals surface area contributed by atoms with Crippen LogP contribution in [-0.4, -0.2) is 25.5 Å². The summed E-state index contributed by atoms with van der Waals surface area (Å²) in [5.41, 5.74) is 0.303. The molecule has 27 heavy (non-hydrogen) atoms. The van der Waals surface area contributed by atoms with Gasteiger partial charge in [-0.25, -0.2) is 17.9 Å². The number of para-hydroxylation sites is 1. The molecule has 1 aromatic carbocycles. The van der Waals surface area contributed by atoms with Crippen LogP contribution >= 0.6 is 11.6 Å². The fraction of sp³-hybridized carbons (Fsp3) is 0.579. The topological polar surface area (TPSA) is 92.3 Å². The summed E-state index contributed by atoms with van der Waals surface area (Å²) in [7, 11) is -4.11. The number of carbonyl (C=O) groups excluding carboxylic acids is 2. The molecule has 0 radical (unpaired) electrons. The number of anilines is 1. The first kappa shape index (κ1) is 21.7. The van der Waals surface area contributed by atoms with E-state index in [1.807, 2.05) is 4.72 Å². The Morgan fingerprint density at radius 3 is 2.22 bits per heavy atom. The predicted octanol–water partition coefficient (Wildman–Crippen LogP) is 4.64. The number of hydrogen-bond donors (Lipinski definition) is 2. The van der Waals surface area contributed by atoms with Crippen molar-refractivity contribution in [2.45, 2.75) is 69.5 Å². The number of sulfonamides is 1. The molecule has 0 saturated heterocycles. The molecule has 1 unspecified atom stereocenters. The van der Waals surface area contributed by atoms with Crippen LogP contribution in [0.3, 0.4) is 0 Å². The number of ketones is 1. The molecule has 8 heteroatoms. The van der Waals surface area contributed by atoms with Crippen LogP contribution < -0.4 is 10.0 Å². The number of Topliss-reactive ketones (excluding diaryl/α,β-unsaturated/α-hetero) is 1. The first-order chi connectivity index (χ1) is 12.9. The van der Waals surface area contributed by atoms with Crippen molar-refractivity contribution in [3.63, 3.8) is 0 Å². The van der Waals surface area contributed by atoms with Crippen LogP contribution in [0.2, 0.25) is 5.02 Å². The van der Waals surface area contributed by atoms with Crippen LogP contribution in [0, 0.1) is 0 Å². The lowest BCUT2D eigenvalue weighted by molar-refractivity contribution is -0.118. The highest BCUT2D eigenvalue weighted by Gasteiger charge is 2.33. The zero-order valence-electron chi connectivity index (χ0n) is 15.4. The molecule has 1 aliphatic carbocycles. The molecule has 2 N–H and O–H groups in total. The summed E-state index contributed by atoms with van der Waals surface area (Å²) in [5.74, 6) is -0.311. The molecule has 0 aromatic heterocycles. The molecular weight excluding hydrogens is 388 g/mol. The molecule has 1 saturated carbocycles. The van der Waals surface area contributed by atoms with Crippen molar-refractivity contribution in [2.24, 2.45) is 0 Å². The van der Waals surface area contributed by atoms with Gasteiger partial charge in [0.05, 0.1) is 10.7 Å². The molecule has 0 aliphatic heterocycles. The van der Waals surface area contributed by atoms with Crippen LogP contribution in [-0.2, 0) is 14.8 Å². The first-order valence-corrected chi connectivity index (χ1v) is 11.4. The van der Waals surface area contributed by atoms with Gasteiger partial charge in [0.25, 0.3) is 0 Å². The Morgan fingerprint density at radius 1 is 0.963 bits per heavy atom. The Hall–Kier alpha value is -1.60. The fourth-order valence-electron chi connectivity index (χ4n) is 3.25. The molecule has 1 aromatic rings. The van der Waals surface area contributed by atoms with E-state index in [1.54, 1.807) is 24.3 Å². The summed E-state index contributed by atoms with van der Waals surface area (Å²) in [6.07, 6.45) is 8.07. The second kappa shape index (κ2) is 10.7. The molecule has 150 valence electrons. The van der Waals surface area contributed by atoms with Gasteiger partial charge >= 0.3 is 6.03 Å². The predicted molar refractivity (Wildman–Crippen MR) is 107 cm³/mol. The Labute approximate surface area is 166 Å². The van der Waals surface area contributed by atoms with Crippen LogP contribution in [0.4, 0.5) is 10.5 Å². The highest BCUT2D eigenvalue weighted by Crippen LogP contribution is 2.21. The number of amides is 2.